The quantitative estimate of drug-likeness (QED) is 0.761. The highest BCUT2D eigenvalue weighted by atomic mass is 32.2. The van der Waals surface area contributed by atoms with Crippen LogP contribution in [0.5, 0.6) is 0 Å². The van der Waals surface area contributed by atoms with E-state index in [9.17, 15) is 0 Å². The van der Waals surface area contributed by atoms with Crippen LogP contribution in [0.4, 0.5) is 0 Å². The van der Waals surface area contributed by atoms with Crippen LogP contribution in [0.3, 0.4) is 0 Å². The van der Waals surface area contributed by atoms with Gasteiger partial charge >= 0.3 is 0 Å². The topological polar surface area (TPSA) is 12.0 Å². The first kappa shape index (κ1) is 15.6. The van der Waals surface area contributed by atoms with Gasteiger partial charge in [0.05, 0.1) is 0 Å². The Balaban J connectivity index is 2.56. The maximum Gasteiger partial charge on any atom is 0.0198 e. The third kappa shape index (κ3) is 5.92. The van der Waals surface area contributed by atoms with Crippen molar-refractivity contribution in [1.82, 2.24) is 5.32 Å². The van der Waals surface area contributed by atoms with Crippen LogP contribution in [-0.4, -0.2) is 23.6 Å². The molecule has 0 aliphatic heterocycles. The van der Waals surface area contributed by atoms with Crippen LogP contribution in [-0.2, 0) is 6.42 Å². The summed E-state index contributed by atoms with van der Waals surface area (Å²) in [5, 5.41) is 4.40. The van der Waals surface area contributed by atoms with Gasteiger partial charge in [-0.05, 0) is 42.7 Å². The minimum atomic E-state index is 0.596. The van der Waals surface area contributed by atoms with Crippen molar-refractivity contribution in [3.05, 3.63) is 35.4 Å². The smallest absolute Gasteiger partial charge is 0.0198 e. The monoisotopic (exact) mass is 265 g/mol. The van der Waals surface area contributed by atoms with Gasteiger partial charge in [0.1, 0.15) is 0 Å². The van der Waals surface area contributed by atoms with E-state index in [0.717, 1.165) is 13.0 Å². The van der Waals surface area contributed by atoms with E-state index in [4.69, 9.17) is 0 Å². The van der Waals surface area contributed by atoms with Gasteiger partial charge in [-0.25, -0.2) is 0 Å². The minimum Gasteiger partial charge on any atom is -0.313 e. The molecule has 102 valence electrons. The molecular weight excluding hydrogens is 238 g/mol. The van der Waals surface area contributed by atoms with Crippen LogP contribution < -0.4 is 5.32 Å². The summed E-state index contributed by atoms with van der Waals surface area (Å²) in [7, 11) is 0. The number of nitrogens with one attached hydrogen (secondary N) is 1. The molecule has 1 nitrogen and oxygen atoms in total. The van der Waals surface area contributed by atoms with Gasteiger partial charge in [0.2, 0.25) is 0 Å². The Morgan fingerprint density at radius 1 is 1.22 bits per heavy atom. The number of hydrogen-bond acceptors (Lipinski definition) is 2. The molecule has 0 aromatic heterocycles. The second-order valence-electron chi connectivity index (χ2n) is 5.16. The molecule has 1 atom stereocenters. The lowest BCUT2D eigenvalue weighted by molar-refractivity contribution is 0.549. The second-order valence-corrected chi connectivity index (χ2v) is 6.77. The van der Waals surface area contributed by atoms with E-state index < -0.39 is 0 Å². The lowest BCUT2D eigenvalue weighted by Crippen LogP contribution is -2.34. The van der Waals surface area contributed by atoms with Crippen LogP contribution in [0.2, 0.25) is 0 Å². The molecule has 0 saturated heterocycles. The summed E-state index contributed by atoms with van der Waals surface area (Å²) in [5.74, 6) is 1.20. The molecular formula is C16H27NS. The average Bonchev–Trinajstić information content (AvgIpc) is 2.35. The van der Waals surface area contributed by atoms with Crippen LogP contribution in [0.15, 0.2) is 24.3 Å². The van der Waals surface area contributed by atoms with Crippen molar-refractivity contribution in [1.29, 1.82) is 0 Å². The predicted octanol–water partition coefficient (Wildman–Crippen LogP) is 4.05. The molecule has 0 aliphatic rings. The van der Waals surface area contributed by atoms with Gasteiger partial charge in [-0.3, -0.25) is 0 Å². The Hall–Kier alpha value is -0.470. The van der Waals surface area contributed by atoms with E-state index in [2.05, 4.69) is 69.0 Å². The minimum absolute atomic E-state index is 0.596. The second kappa shape index (κ2) is 8.60. The molecule has 1 aromatic rings. The van der Waals surface area contributed by atoms with Crippen LogP contribution >= 0.6 is 11.8 Å². The van der Waals surface area contributed by atoms with Gasteiger partial charge in [0.15, 0.2) is 0 Å². The van der Waals surface area contributed by atoms with Gasteiger partial charge in [-0.2, -0.15) is 11.8 Å². The fourth-order valence-corrected chi connectivity index (χ4v) is 2.80. The molecule has 0 amide bonds. The molecule has 18 heavy (non-hydrogen) atoms. The largest absolute Gasteiger partial charge is 0.313 e. The number of hydrogen-bond donors (Lipinski definition) is 1. The first-order valence-electron chi connectivity index (χ1n) is 7.03. The summed E-state index contributed by atoms with van der Waals surface area (Å²) in [6, 6.07) is 9.33. The molecule has 0 aliphatic carbocycles. The molecule has 0 heterocycles. The van der Waals surface area contributed by atoms with Crippen LogP contribution in [0, 0.1) is 6.92 Å². The summed E-state index contributed by atoms with van der Waals surface area (Å²) in [5.41, 5.74) is 2.89. The fourth-order valence-electron chi connectivity index (χ4n) is 1.95. The zero-order chi connectivity index (χ0) is 13.4. The molecule has 0 radical (unpaired) electrons. The number of rotatable bonds is 8. The molecule has 1 aromatic carbocycles. The Kier molecular flexibility index (Phi) is 7.45. The Bertz CT molecular complexity index is 336. The number of benzene rings is 1. The van der Waals surface area contributed by atoms with Crippen molar-refractivity contribution in [2.75, 3.05) is 12.3 Å². The van der Waals surface area contributed by atoms with E-state index in [1.54, 1.807) is 0 Å². The number of thioether (sulfide) groups is 1. The van der Waals surface area contributed by atoms with Gasteiger partial charge in [-0.1, -0.05) is 45.0 Å². The van der Waals surface area contributed by atoms with Crippen molar-refractivity contribution >= 4 is 11.8 Å². The summed E-state index contributed by atoms with van der Waals surface area (Å²) >= 11 is 2.05. The van der Waals surface area contributed by atoms with Crippen molar-refractivity contribution < 1.29 is 0 Å². The van der Waals surface area contributed by atoms with Gasteiger partial charge < -0.3 is 5.32 Å². The summed E-state index contributed by atoms with van der Waals surface area (Å²) in [6.07, 6.45) is 2.35. The maximum atomic E-state index is 3.68. The van der Waals surface area contributed by atoms with E-state index in [-0.39, 0.29) is 0 Å². The Morgan fingerprint density at radius 3 is 2.56 bits per heavy atom. The van der Waals surface area contributed by atoms with E-state index in [0.29, 0.717) is 11.3 Å². The van der Waals surface area contributed by atoms with E-state index in [1.807, 2.05) is 0 Å². The highest BCUT2D eigenvalue weighted by Gasteiger charge is 2.11. The third-order valence-electron chi connectivity index (χ3n) is 3.04. The maximum absolute atomic E-state index is 3.68. The van der Waals surface area contributed by atoms with Crippen LogP contribution in [0.25, 0.3) is 0 Å². The zero-order valence-corrected chi connectivity index (χ0v) is 13.0. The zero-order valence-electron chi connectivity index (χ0n) is 12.2. The van der Waals surface area contributed by atoms with Gasteiger partial charge in [0.25, 0.3) is 0 Å². The Labute approximate surface area is 117 Å². The van der Waals surface area contributed by atoms with Crippen molar-refractivity contribution in [2.45, 2.75) is 51.8 Å². The molecule has 1 unspecified atom stereocenters. The SMILES string of the molecule is CCCNC(CSC(C)C)Cc1ccccc1C. The molecule has 0 saturated carbocycles. The normalized spacial score (nSPS) is 12.9. The molecule has 1 rings (SSSR count). The lowest BCUT2D eigenvalue weighted by atomic mass is 10.0. The van der Waals surface area contributed by atoms with Crippen molar-refractivity contribution in [3.8, 4) is 0 Å². The van der Waals surface area contributed by atoms with Crippen molar-refractivity contribution in [2.24, 2.45) is 0 Å². The predicted molar refractivity (Wildman–Crippen MR) is 84.6 cm³/mol. The first-order chi connectivity index (χ1) is 8.63. The highest BCUT2D eigenvalue weighted by Crippen LogP contribution is 2.15. The summed E-state index contributed by atoms with van der Waals surface area (Å²) in [4.78, 5) is 0. The molecule has 0 fully saturated rings. The van der Waals surface area contributed by atoms with Crippen molar-refractivity contribution in [3.63, 3.8) is 0 Å². The molecule has 1 N–H and O–H groups in total. The first-order valence-corrected chi connectivity index (χ1v) is 8.07. The molecule has 2 heteroatoms. The van der Waals surface area contributed by atoms with E-state index >= 15 is 0 Å². The number of aryl methyl sites for hydroxylation is 1. The fraction of sp³-hybridized carbons (Fsp3) is 0.625. The van der Waals surface area contributed by atoms with Gasteiger partial charge in [0, 0.05) is 11.8 Å². The molecule has 0 bridgehead atoms. The standard InChI is InChI=1S/C16H27NS/c1-5-10-17-16(12-18-13(2)3)11-15-9-7-6-8-14(15)4/h6-9,13,16-17H,5,10-12H2,1-4H3. The van der Waals surface area contributed by atoms with E-state index in [1.165, 1.54) is 23.3 Å². The highest BCUT2D eigenvalue weighted by molar-refractivity contribution is 7.99. The summed E-state index contributed by atoms with van der Waals surface area (Å²) < 4.78 is 0. The lowest BCUT2D eigenvalue weighted by Gasteiger charge is -2.20. The average molecular weight is 265 g/mol. The van der Waals surface area contributed by atoms with Gasteiger partial charge in [-0.15, -0.1) is 0 Å². The Morgan fingerprint density at radius 2 is 1.94 bits per heavy atom. The summed E-state index contributed by atoms with van der Waals surface area (Å²) in [6.45, 7) is 10.1. The third-order valence-corrected chi connectivity index (χ3v) is 4.30. The molecule has 0 spiro atoms. The van der Waals surface area contributed by atoms with Crippen LogP contribution in [0.1, 0.15) is 38.3 Å².